The van der Waals surface area contributed by atoms with Crippen LogP contribution >= 0.6 is 27.5 Å². The lowest BCUT2D eigenvalue weighted by molar-refractivity contribution is 0.478. The molecule has 3 nitrogen and oxygen atoms in total. The molecule has 0 aliphatic carbocycles. The fraction of sp³-hybridized carbons (Fsp3) is 0.0714. The van der Waals surface area contributed by atoms with E-state index < -0.39 is 0 Å². The summed E-state index contributed by atoms with van der Waals surface area (Å²) >= 11 is 9.27. The smallest absolute Gasteiger partial charge is 0.130 e. The monoisotopic (exact) mass is 338 g/mol. The van der Waals surface area contributed by atoms with Crippen LogP contribution in [0.1, 0.15) is 11.1 Å². The number of benzene rings is 2. The molecular weight excluding hydrogens is 328 g/mol. The number of rotatable bonds is 3. The molecule has 2 aromatic carbocycles. The van der Waals surface area contributed by atoms with Crippen molar-refractivity contribution in [2.75, 3.05) is 0 Å². The summed E-state index contributed by atoms with van der Waals surface area (Å²) in [6.07, 6.45) is 0. The molecule has 0 bridgehead atoms. The Hall–Kier alpha value is -1.52. The predicted octanol–water partition coefficient (Wildman–Crippen LogP) is 4.49. The lowest BCUT2D eigenvalue weighted by atomic mass is 10.2. The Balaban J connectivity index is 2.29. The summed E-state index contributed by atoms with van der Waals surface area (Å²) in [5, 5.41) is 8.10. The van der Waals surface area contributed by atoms with Gasteiger partial charge in [-0.3, -0.25) is 5.41 Å². The standard InChI is InChI=1S/C14H12BrClN2O/c1-8-6-9(16)2-5-13(8)19-10-3-4-11(14(17)18)12(15)7-10/h2-7H,1H3,(H3,17,18). The second kappa shape index (κ2) is 5.63. The van der Waals surface area contributed by atoms with Gasteiger partial charge in [0, 0.05) is 15.1 Å². The summed E-state index contributed by atoms with van der Waals surface area (Å²) in [5.41, 5.74) is 7.05. The molecule has 0 aromatic heterocycles. The van der Waals surface area contributed by atoms with Gasteiger partial charge in [-0.2, -0.15) is 0 Å². The zero-order chi connectivity index (χ0) is 14.0. The molecule has 2 rings (SSSR count). The molecule has 98 valence electrons. The molecule has 0 saturated heterocycles. The Morgan fingerprint density at radius 3 is 2.58 bits per heavy atom. The predicted molar refractivity (Wildman–Crippen MR) is 81.4 cm³/mol. The lowest BCUT2D eigenvalue weighted by Gasteiger charge is -2.10. The second-order valence-electron chi connectivity index (χ2n) is 4.07. The van der Waals surface area contributed by atoms with E-state index in [-0.39, 0.29) is 5.84 Å². The molecule has 0 spiro atoms. The van der Waals surface area contributed by atoms with Crippen LogP contribution in [0.4, 0.5) is 0 Å². The number of ether oxygens (including phenoxy) is 1. The SMILES string of the molecule is Cc1cc(Cl)ccc1Oc1ccc(C(=N)N)c(Br)c1. The van der Waals surface area contributed by atoms with Gasteiger partial charge in [-0.05, 0) is 64.8 Å². The van der Waals surface area contributed by atoms with Crippen LogP contribution in [-0.2, 0) is 0 Å². The minimum Gasteiger partial charge on any atom is -0.457 e. The van der Waals surface area contributed by atoms with Crippen LogP contribution in [0, 0.1) is 12.3 Å². The van der Waals surface area contributed by atoms with E-state index in [1.165, 1.54) is 0 Å². The quantitative estimate of drug-likeness (QED) is 0.639. The molecule has 5 heteroatoms. The first kappa shape index (κ1) is 13.9. The van der Waals surface area contributed by atoms with Gasteiger partial charge in [0.1, 0.15) is 17.3 Å². The van der Waals surface area contributed by atoms with Crippen LogP contribution < -0.4 is 10.5 Å². The molecule has 0 fully saturated rings. The highest BCUT2D eigenvalue weighted by Crippen LogP contribution is 2.30. The van der Waals surface area contributed by atoms with Gasteiger partial charge in [-0.25, -0.2) is 0 Å². The molecular formula is C14H12BrClN2O. The Morgan fingerprint density at radius 2 is 2.00 bits per heavy atom. The zero-order valence-corrected chi connectivity index (χ0v) is 12.5. The molecule has 0 aliphatic heterocycles. The van der Waals surface area contributed by atoms with Crippen molar-refractivity contribution < 1.29 is 4.74 Å². The minimum absolute atomic E-state index is 0.0149. The van der Waals surface area contributed by atoms with E-state index in [0.717, 1.165) is 15.8 Å². The summed E-state index contributed by atoms with van der Waals surface area (Å²) < 4.78 is 6.51. The normalized spacial score (nSPS) is 10.3. The van der Waals surface area contributed by atoms with E-state index in [0.29, 0.717) is 16.3 Å². The van der Waals surface area contributed by atoms with Gasteiger partial charge in [0.2, 0.25) is 0 Å². The molecule has 0 heterocycles. The van der Waals surface area contributed by atoms with Crippen LogP contribution in [-0.4, -0.2) is 5.84 Å². The van der Waals surface area contributed by atoms with Crippen LogP contribution in [0.5, 0.6) is 11.5 Å². The third-order valence-electron chi connectivity index (χ3n) is 2.60. The number of nitrogen functional groups attached to an aromatic ring is 1. The molecule has 0 unspecified atom stereocenters. The van der Waals surface area contributed by atoms with Gasteiger partial charge in [-0.15, -0.1) is 0 Å². The van der Waals surface area contributed by atoms with Crippen molar-refractivity contribution in [1.29, 1.82) is 5.41 Å². The average molecular weight is 340 g/mol. The van der Waals surface area contributed by atoms with Gasteiger partial charge >= 0.3 is 0 Å². The molecule has 0 amide bonds. The first-order chi connectivity index (χ1) is 8.97. The largest absolute Gasteiger partial charge is 0.457 e. The van der Waals surface area contributed by atoms with Crippen molar-refractivity contribution in [2.45, 2.75) is 6.92 Å². The van der Waals surface area contributed by atoms with E-state index in [4.69, 9.17) is 27.5 Å². The maximum absolute atomic E-state index is 7.42. The fourth-order valence-electron chi connectivity index (χ4n) is 1.63. The highest BCUT2D eigenvalue weighted by molar-refractivity contribution is 9.10. The van der Waals surface area contributed by atoms with E-state index in [9.17, 15) is 0 Å². The summed E-state index contributed by atoms with van der Waals surface area (Å²) in [4.78, 5) is 0. The number of amidine groups is 1. The van der Waals surface area contributed by atoms with E-state index in [1.807, 2.05) is 19.1 Å². The van der Waals surface area contributed by atoms with Gasteiger partial charge in [-0.1, -0.05) is 11.6 Å². The number of nitrogens with two attached hydrogens (primary N) is 1. The van der Waals surface area contributed by atoms with Crippen molar-refractivity contribution in [3.8, 4) is 11.5 Å². The molecule has 0 atom stereocenters. The van der Waals surface area contributed by atoms with Crippen molar-refractivity contribution in [3.63, 3.8) is 0 Å². The molecule has 19 heavy (non-hydrogen) atoms. The number of nitrogens with one attached hydrogen (secondary N) is 1. The van der Waals surface area contributed by atoms with Crippen molar-refractivity contribution in [3.05, 3.63) is 57.0 Å². The van der Waals surface area contributed by atoms with Crippen LogP contribution in [0.3, 0.4) is 0 Å². The molecule has 3 N–H and O–H groups in total. The fourth-order valence-corrected chi connectivity index (χ4v) is 2.43. The van der Waals surface area contributed by atoms with Crippen molar-refractivity contribution in [2.24, 2.45) is 5.73 Å². The third-order valence-corrected chi connectivity index (χ3v) is 3.49. The summed E-state index contributed by atoms with van der Waals surface area (Å²) in [6, 6.07) is 10.7. The van der Waals surface area contributed by atoms with Gasteiger partial charge in [0.05, 0.1) is 0 Å². The maximum Gasteiger partial charge on any atom is 0.130 e. The van der Waals surface area contributed by atoms with Gasteiger partial charge in [0.25, 0.3) is 0 Å². The third kappa shape index (κ3) is 3.28. The number of aryl methyl sites for hydroxylation is 1. The minimum atomic E-state index is 0.0149. The number of hydrogen-bond donors (Lipinski definition) is 2. The number of hydrogen-bond acceptors (Lipinski definition) is 2. The Labute approximate surface area is 125 Å². The van der Waals surface area contributed by atoms with Gasteiger partial charge in [0.15, 0.2) is 0 Å². The second-order valence-corrected chi connectivity index (χ2v) is 5.36. The van der Waals surface area contributed by atoms with Crippen molar-refractivity contribution in [1.82, 2.24) is 0 Å². The molecule has 0 saturated carbocycles. The Bertz CT molecular complexity index is 643. The van der Waals surface area contributed by atoms with Crippen LogP contribution in [0.2, 0.25) is 5.02 Å². The number of halogens is 2. The van der Waals surface area contributed by atoms with E-state index >= 15 is 0 Å². The van der Waals surface area contributed by atoms with Crippen LogP contribution in [0.15, 0.2) is 40.9 Å². The van der Waals surface area contributed by atoms with Crippen LogP contribution in [0.25, 0.3) is 0 Å². The Morgan fingerprint density at radius 1 is 1.26 bits per heavy atom. The molecule has 2 aromatic rings. The van der Waals surface area contributed by atoms with E-state index in [1.54, 1.807) is 24.3 Å². The molecule has 0 radical (unpaired) electrons. The van der Waals surface area contributed by atoms with E-state index in [2.05, 4.69) is 15.9 Å². The Kier molecular flexibility index (Phi) is 4.12. The van der Waals surface area contributed by atoms with Gasteiger partial charge < -0.3 is 10.5 Å². The average Bonchev–Trinajstić information content (AvgIpc) is 2.32. The first-order valence-corrected chi connectivity index (χ1v) is 6.72. The maximum atomic E-state index is 7.42. The first-order valence-electron chi connectivity index (χ1n) is 5.55. The summed E-state index contributed by atoms with van der Waals surface area (Å²) in [5.74, 6) is 1.43. The zero-order valence-electron chi connectivity index (χ0n) is 10.2. The highest BCUT2D eigenvalue weighted by atomic mass is 79.9. The highest BCUT2D eigenvalue weighted by Gasteiger charge is 2.07. The molecule has 0 aliphatic rings. The topological polar surface area (TPSA) is 59.1 Å². The summed E-state index contributed by atoms with van der Waals surface area (Å²) in [7, 11) is 0. The summed E-state index contributed by atoms with van der Waals surface area (Å²) in [6.45, 7) is 1.93. The van der Waals surface area contributed by atoms with Crippen molar-refractivity contribution >= 4 is 33.4 Å². The lowest BCUT2D eigenvalue weighted by Crippen LogP contribution is -2.11.